The summed E-state index contributed by atoms with van der Waals surface area (Å²) in [6.45, 7) is 1.95. The van der Waals surface area contributed by atoms with Crippen LogP contribution in [0.15, 0.2) is 29.1 Å². The zero-order valence-electron chi connectivity index (χ0n) is 14.6. The third-order valence-corrected chi connectivity index (χ3v) is 5.73. The van der Waals surface area contributed by atoms with Crippen molar-refractivity contribution in [1.82, 2.24) is 20.0 Å². The average Bonchev–Trinajstić information content (AvgIpc) is 3.26. The Labute approximate surface area is 146 Å². The van der Waals surface area contributed by atoms with Gasteiger partial charge in [-0.3, -0.25) is 9.59 Å². The number of nitrogens with one attached hydrogen (secondary N) is 1. The fourth-order valence-corrected chi connectivity index (χ4v) is 4.48. The van der Waals surface area contributed by atoms with Gasteiger partial charge in [-0.05, 0) is 45.3 Å². The molecule has 2 fully saturated rings. The van der Waals surface area contributed by atoms with Crippen LogP contribution in [0.4, 0.5) is 0 Å². The van der Waals surface area contributed by atoms with Crippen LogP contribution in [-0.2, 0) is 11.2 Å². The quantitative estimate of drug-likeness (QED) is 0.920. The molecule has 1 aromatic heterocycles. The molecule has 0 bridgehead atoms. The first-order valence-corrected chi connectivity index (χ1v) is 9.11. The van der Waals surface area contributed by atoms with Crippen LogP contribution >= 0.6 is 0 Å². The lowest BCUT2D eigenvalue weighted by Gasteiger charge is -2.33. The number of aromatic nitrogens is 2. The van der Waals surface area contributed by atoms with Crippen molar-refractivity contribution < 1.29 is 4.79 Å². The SMILES string of the molecule is CN1CCC[C@H]1[C@H]1CCCN1C(=O)Cc1n[nH]c(=O)c2ccccc12. The van der Waals surface area contributed by atoms with Gasteiger partial charge in [-0.25, -0.2) is 5.10 Å². The maximum Gasteiger partial charge on any atom is 0.272 e. The van der Waals surface area contributed by atoms with Gasteiger partial charge >= 0.3 is 0 Å². The number of amides is 1. The number of H-pyrrole nitrogens is 1. The van der Waals surface area contributed by atoms with Gasteiger partial charge in [0, 0.05) is 24.0 Å². The topological polar surface area (TPSA) is 69.3 Å². The van der Waals surface area contributed by atoms with Crippen LogP contribution in [0.3, 0.4) is 0 Å². The number of carbonyl (C=O) groups excluding carboxylic acids is 1. The molecule has 6 heteroatoms. The lowest BCUT2D eigenvalue weighted by molar-refractivity contribution is -0.132. The number of hydrogen-bond acceptors (Lipinski definition) is 4. The van der Waals surface area contributed by atoms with E-state index in [1.165, 1.54) is 12.8 Å². The van der Waals surface area contributed by atoms with Crippen LogP contribution in [0.1, 0.15) is 31.4 Å². The van der Waals surface area contributed by atoms with Gasteiger partial charge in [-0.1, -0.05) is 18.2 Å². The molecule has 1 aromatic carbocycles. The fourth-order valence-electron chi connectivity index (χ4n) is 4.48. The second-order valence-corrected chi connectivity index (χ2v) is 7.21. The first kappa shape index (κ1) is 16.3. The molecule has 2 aromatic rings. The first-order chi connectivity index (χ1) is 12.1. The summed E-state index contributed by atoms with van der Waals surface area (Å²) in [5, 5.41) is 8.05. The van der Waals surface area contributed by atoms with Crippen LogP contribution < -0.4 is 5.56 Å². The molecule has 0 radical (unpaired) electrons. The minimum atomic E-state index is -0.210. The van der Waals surface area contributed by atoms with Crippen LogP contribution in [-0.4, -0.2) is 58.1 Å². The van der Waals surface area contributed by atoms with Crippen LogP contribution in [0, 0.1) is 0 Å². The Bertz CT molecular complexity index is 847. The van der Waals surface area contributed by atoms with E-state index in [4.69, 9.17) is 0 Å². The van der Waals surface area contributed by atoms with Crippen molar-refractivity contribution in [2.75, 3.05) is 20.1 Å². The van der Waals surface area contributed by atoms with E-state index in [0.717, 1.165) is 31.3 Å². The Morgan fingerprint density at radius 3 is 2.64 bits per heavy atom. The number of carbonyl (C=O) groups is 1. The van der Waals surface area contributed by atoms with Crippen LogP contribution in [0.25, 0.3) is 10.8 Å². The molecule has 0 aliphatic carbocycles. The average molecular weight is 340 g/mol. The number of fused-ring (bicyclic) bond motifs is 1. The van der Waals surface area contributed by atoms with E-state index in [1.807, 2.05) is 23.1 Å². The zero-order valence-corrected chi connectivity index (χ0v) is 14.6. The summed E-state index contributed by atoms with van der Waals surface area (Å²) in [7, 11) is 2.16. The highest BCUT2D eigenvalue weighted by atomic mass is 16.2. The summed E-state index contributed by atoms with van der Waals surface area (Å²) in [6.07, 6.45) is 4.78. The summed E-state index contributed by atoms with van der Waals surface area (Å²) >= 11 is 0. The zero-order chi connectivity index (χ0) is 17.4. The Kier molecular flexibility index (Phi) is 4.29. The van der Waals surface area contributed by atoms with Gasteiger partial charge in [-0.15, -0.1) is 0 Å². The third kappa shape index (κ3) is 2.95. The fraction of sp³-hybridized carbons (Fsp3) is 0.526. The molecular weight excluding hydrogens is 316 g/mol. The summed E-state index contributed by atoms with van der Waals surface area (Å²) in [5.74, 6) is 0.118. The second kappa shape index (κ2) is 6.59. The van der Waals surface area contributed by atoms with Crippen molar-refractivity contribution in [3.05, 3.63) is 40.3 Å². The number of nitrogens with zero attached hydrogens (tertiary/aromatic N) is 3. The Morgan fingerprint density at radius 2 is 1.88 bits per heavy atom. The molecule has 1 amide bonds. The molecule has 132 valence electrons. The summed E-state index contributed by atoms with van der Waals surface area (Å²) in [5.41, 5.74) is 0.448. The summed E-state index contributed by atoms with van der Waals surface area (Å²) in [6, 6.07) is 8.14. The van der Waals surface area contributed by atoms with E-state index in [-0.39, 0.29) is 17.9 Å². The smallest absolute Gasteiger partial charge is 0.272 e. The number of aromatic amines is 1. The van der Waals surface area contributed by atoms with Gasteiger partial charge in [-0.2, -0.15) is 5.10 Å². The molecule has 6 nitrogen and oxygen atoms in total. The lowest BCUT2D eigenvalue weighted by Crippen LogP contribution is -2.47. The highest BCUT2D eigenvalue weighted by Crippen LogP contribution is 2.29. The number of rotatable bonds is 3. The molecule has 2 saturated heterocycles. The molecule has 25 heavy (non-hydrogen) atoms. The second-order valence-electron chi connectivity index (χ2n) is 7.21. The molecule has 0 saturated carbocycles. The first-order valence-electron chi connectivity index (χ1n) is 9.11. The maximum absolute atomic E-state index is 13.0. The van der Waals surface area contributed by atoms with E-state index in [9.17, 15) is 9.59 Å². The monoisotopic (exact) mass is 340 g/mol. The van der Waals surface area contributed by atoms with Crippen molar-refractivity contribution in [3.63, 3.8) is 0 Å². The molecule has 0 unspecified atom stereocenters. The minimum absolute atomic E-state index is 0.118. The molecule has 3 heterocycles. The van der Waals surface area contributed by atoms with Gasteiger partial charge in [0.25, 0.3) is 5.56 Å². The van der Waals surface area contributed by atoms with Crippen molar-refractivity contribution in [2.24, 2.45) is 0 Å². The molecule has 2 aliphatic heterocycles. The number of likely N-dealkylation sites (tertiary alicyclic amines) is 2. The number of hydrogen-bond donors (Lipinski definition) is 1. The maximum atomic E-state index is 13.0. The van der Waals surface area contributed by atoms with Gasteiger partial charge in [0.15, 0.2) is 0 Å². The van der Waals surface area contributed by atoms with Gasteiger partial charge in [0.05, 0.1) is 17.5 Å². The summed E-state index contributed by atoms with van der Waals surface area (Å²) < 4.78 is 0. The minimum Gasteiger partial charge on any atom is -0.338 e. The Hall–Kier alpha value is -2.21. The largest absolute Gasteiger partial charge is 0.338 e. The summed E-state index contributed by atoms with van der Waals surface area (Å²) in [4.78, 5) is 29.4. The lowest BCUT2D eigenvalue weighted by atomic mass is 10.0. The van der Waals surface area contributed by atoms with Crippen LogP contribution in [0.2, 0.25) is 0 Å². The van der Waals surface area contributed by atoms with E-state index in [1.54, 1.807) is 6.07 Å². The van der Waals surface area contributed by atoms with Crippen molar-refractivity contribution in [3.8, 4) is 0 Å². The molecule has 0 spiro atoms. The van der Waals surface area contributed by atoms with Crippen molar-refractivity contribution in [1.29, 1.82) is 0 Å². The van der Waals surface area contributed by atoms with Crippen molar-refractivity contribution >= 4 is 16.7 Å². The molecule has 1 N–H and O–H groups in total. The standard InChI is InChI=1S/C19H24N4O2/c1-22-10-4-8-16(22)17-9-5-11-23(17)18(24)12-15-13-6-2-3-7-14(13)19(25)21-20-15/h2-3,6-7,16-17H,4-5,8-12H2,1H3,(H,21,25)/t16-,17+/m0/s1. The van der Waals surface area contributed by atoms with E-state index in [0.29, 0.717) is 23.2 Å². The highest BCUT2D eigenvalue weighted by Gasteiger charge is 2.38. The van der Waals surface area contributed by atoms with E-state index < -0.39 is 0 Å². The predicted molar refractivity (Wildman–Crippen MR) is 96.5 cm³/mol. The number of likely N-dealkylation sites (N-methyl/N-ethyl adjacent to an activating group) is 1. The normalized spacial score (nSPS) is 24.3. The highest BCUT2D eigenvalue weighted by molar-refractivity contribution is 5.88. The van der Waals surface area contributed by atoms with Crippen LogP contribution in [0.5, 0.6) is 0 Å². The molecule has 2 aliphatic rings. The van der Waals surface area contributed by atoms with Gasteiger partial charge < -0.3 is 9.80 Å². The van der Waals surface area contributed by atoms with Crippen molar-refractivity contribution in [2.45, 2.75) is 44.2 Å². The molecular formula is C19H24N4O2. The molecule has 2 atom stereocenters. The van der Waals surface area contributed by atoms with E-state index in [2.05, 4.69) is 22.1 Å². The third-order valence-electron chi connectivity index (χ3n) is 5.73. The predicted octanol–water partition coefficient (Wildman–Crippen LogP) is 1.55. The van der Waals surface area contributed by atoms with E-state index >= 15 is 0 Å². The van der Waals surface area contributed by atoms with Gasteiger partial charge in [0.2, 0.25) is 5.91 Å². The Balaban J connectivity index is 1.58. The van der Waals surface area contributed by atoms with Gasteiger partial charge in [0.1, 0.15) is 0 Å². The Morgan fingerprint density at radius 1 is 1.16 bits per heavy atom. The molecule has 4 rings (SSSR count). The number of benzene rings is 1.